The van der Waals surface area contributed by atoms with E-state index in [0.717, 1.165) is 6.42 Å². The second-order valence-corrected chi connectivity index (χ2v) is 6.10. The quantitative estimate of drug-likeness (QED) is 0.801. The molecule has 5 heteroatoms. The number of carbonyl (C=O) groups excluding carboxylic acids is 2. The van der Waals surface area contributed by atoms with Crippen molar-refractivity contribution in [1.29, 1.82) is 0 Å². The van der Waals surface area contributed by atoms with Crippen LogP contribution in [0.1, 0.15) is 47.0 Å². The molecule has 0 bridgehead atoms. The molecule has 1 heterocycles. The Morgan fingerprint density at radius 2 is 1.89 bits per heavy atom. The summed E-state index contributed by atoms with van der Waals surface area (Å²) >= 11 is 0. The molecule has 2 amide bonds. The van der Waals surface area contributed by atoms with Gasteiger partial charge in [0, 0.05) is 20.0 Å². The van der Waals surface area contributed by atoms with Crippen LogP contribution in [0.5, 0.6) is 0 Å². The predicted octanol–water partition coefficient (Wildman–Crippen LogP) is 0.911. The Morgan fingerprint density at radius 3 is 2.42 bits per heavy atom. The fraction of sp³-hybridized carbons (Fsp3) is 0.857. The maximum Gasteiger partial charge on any atom is 0.245 e. The third-order valence-electron chi connectivity index (χ3n) is 3.67. The van der Waals surface area contributed by atoms with Crippen LogP contribution in [0.15, 0.2) is 0 Å². The molecule has 1 rings (SSSR count). The zero-order valence-corrected chi connectivity index (χ0v) is 12.4. The molecule has 19 heavy (non-hydrogen) atoms. The van der Waals surface area contributed by atoms with Gasteiger partial charge in [0.2, 0.25) is 11.8 Å². The van der Waals surface area contributed by atoms with Gasteiger partial charge in [0.15, 0.2) is 0 Å². The zero-order chi connectivity index (χ0) is 14.6. The Hall–Kier alpha value is -1.10. The zero-order valence-electron chi connectivity index (χ0n) is 12.4. The van der Waals surface area contributed by atoms with Gasteiger partial charge in [-0.2, -0.15) is 0 Å². The first-order valence-electron chi connectivity index (χ1n) is 7.01. The van der Waals surface area contributed by atoms with Gasteiger partial charge in [0.25, 0.3) is 0 Å². The second-order valence-electron chi connectivity index (χ2n) is 6.10. The van der Waals surface area contributed by atoms with Gasteiger partial charge in [-0.1, -0.05) is 13.8 Å². The van der Waals surface area contributed by atoms with E-state index >= 15 is 0 Å². The molecule has 1 aliphatic heterocycles. The summed E-state index contributed by atoms with van der Waals surface area (Å²) in [6.07, 6.45) is 2.09. The highest BCUT2D eigenvalue weighted by Gasteiger charge is 2.31. The molecule has 0 saturated carbocycles. The number of hydrogen-bond acceptors (Lipinski definition) is 3. The third-order valence-corrected chi connectivity index (χ3v) is 3.67. The van der Waals surface area contributed by atoms with Gasteiger partial charge in [-0.3, -0.25) is 9.59 Å². The van der Waals surface area contributed by atoms with E-state index in [1.807, 2.05) is 20.8 Å². The number of amides is 2. The van der Waals surface area contributed by atoms with Crippen molar-refractivity contribution >= 4 is 11.8 Å². The highest BCUT2D eigenvalue weighted by molar-refractivity contribution is 5.87. The molecule has 1 saturated heterocycles. The molecular formula is C14H26N2O3. The van der Waals surface area contributed by atoms with Gasteiger partial charge in [-0.15, -0.1) is 0 Å². The molecule has 110 valence electrons. The summed E-state index contributed by atoms with van der Waals surface area (Å²) in [5, 5.41) is 12.8. The summed E-state index contributed by atoms with van der Waals surface area (Å²) < 4.78 is 0. The number of aliphatic hydroxyl groups is 1. The second kappa shape index (κ2) is 6.37. The summed E-state index contributed by atoms with van der Waals surface area (Å²) in [5.41, 5.74) is -0.684. The molecule has 0 radical (unpaired) electrons. The number of likely N-dealkylation sites (tertiary alicyclic amines) is 1. The Morgan fingerprint density at radius 1 is 1.26 bits per heavy atom. The maximum atomic E-state index is 12.5. The van der Waals surface area contributed by atoms with Crippen molar-refractivity contribution in [2.45, 2.75) is 58.6 Å². The molecule has 2 N–H and O–H groups in total. The van der Waals surface area contributed by atoms with Crippen LogP contribution in [0.3, 0.4) is 0 Å². The number of nitrogens with zero attached hydrogens (tertiary/aromatic N) is 1. The van der Waals surface area contributed by atoms with E-state index in [0.29, 0.717) is 25.9 Å². The van der Waals surface area contributed by atoms with Gasteiger partial charge in [0.05, 0.1) is 5.60 Å². The third kappa shape index (κ3) is 4.82. The van der Waals surface area contributed by atoms with Gasteiger partial charge >= 0.3 is 0 Å². The summed E-state index contributed by atoms with van der Waals surface area (Å²) in [5.74, 6) is -0.170. The highest BCUT2D eigenvalue weighted by atomic mass is 16.3. The van der Waals surface area contributed by atoms with Gasteiger partial charge < -0.3 is 15.3 Å². The normalized spacial score (nSPS) is 25.9. The van der Waals surface area contributed by atoms with E-state index in [9.17, 15) is 14.7 Å². The van der Waals surface area contributed by atoms with E-state index in [2.05, 4.69) is 5.32 Å². The minimum atomic E-state index is -0.684. The number of rotatable bonds is 3. The lowest BCUT2D eigenvalue weighted by molar-refractivity contribution is -0.137. The SMILES string of the molecule is CC(=O)NC(C(=O)N1CCCC(C)(O)CC1)C(C)C. The molecule has 5 nitrogen and oxygen atoms in total. The fourth-order valence-electron chi connectivity index (χ4n) is 2.41. The first kappa shape index (κ1) is 16.0. The summed E-state index contributed by atoms with van der Waals surface area (Å²) in [6, 6.07) is -0.472. The lowest BCUT2D eigenvalue weighted by Crippen LogP contribution is -2.51. The Labute approximate surface area is 115 Å². The molecule has 0 aromatic heterocycles. The number of hydrogen-bond donors (Lipinski definition) is 2. The van der Waals surface area contributed by atoms with E-state index in [-0.39, 0.29) is 17.7 Å². The fourth-order valence-corrected chi connectivity index (χ4v) is 2.41. The number of carbonyl (C=O) groups is 2. The summed E-state index contributed by atoms with van der Waals surface area (Å²) in [4.78, 5) is 25.4. The van der Waals surface area contributed by atoms with E-state index in [4.69, 9.17) is 0 Å². The lowest BCUT2D eigenvalue weighted by atomic mass is 9.98. The van der Waals surface area contributed by atoms with E-state index in [1.165, 1.54) is 6.92 Å². The molecule has 0 aromatic rings. The van der Waals surface area contributed by atoms with Gasteiger partial charge in [0.1, 0.15) is 6.04 Å². The number of nitrogens with one attached hydrogen (secondary N) is 1. The molecule has 0 aromatic carbocycles. The Bertz CT molecular complexity index is 340. The highest BCUT2D eigenvalue weighted by Crippen LogP contribution is 2.22. The topological polar surface area (TPSA) is 69.6 Å². The van der Waals surface area contributed by atoms with Crippen molar-refractivity contribution in [3.63, 3.8) is 0 Å². The minimum Gasteiger partial charge on any atom is -0.390 e. The average molecular weight is 270 g/mol. The average Bonchev–Trinajstić information content (AvgIpc) is 2.45. The maximum absolute atomic E-state index is 12.5. The molecule has 1 fully saturated rings. The molecule has 2 atom stereocenters. The predicted molar refractivity (Wildman–Crippen MR) is 73.5 cm³/mol. The van der Waals surface area contributed by atoms with E-state index < -0.39 is 11.6 Å². The Balaban J connectivity index is 2.71. The van der Waals surface area contributed by atoms with Crippen LogP contribution in [0.25, 0.3) is 0 Å². The Kier molecular flexibility index (Phi) is 5.35. The van der Waals surface area contributed by atoms with Crippen LogP contribution in [0, 0.1) is 5.92 Å². The monoisotopic (exact) mass is 270 g/mol. The van der Waals surface area contributed by atoms with Crippen LogP contribution in [-0.4, -0.2) is 46.6 Å². The molecule has 1 aliphatic rings. The molecule has 0 aliphatic carbocycles. The molecule has 2 unspecified atom stereocenters. The van der Waals surface area contributed by atoms with Crippen molar-refractivity contribution in [1.82, 2.24) is 10.2 Å². The van der Waals surface area contributed by atoms with Gasteiger partial charge in [-0.05, 0) is 32.1 Å². The van der Waals surface area contributed by atoms with Crippen LogP contribution >= 0.6 is 0 Å². The van der Waals surface area contributed by atoms with Crippen molar-refractivity contribution in [2.24, 2.45) is 5.92 Å². The van der Waals surface area contributed by atoms with E-state index in [1.54, 1.807) is 4.90 Å². The van der Waals surface area contributed by atoms with Crippen LogP contribution < -0.4 is 5.32 Å². The van der Waals surface area contributed by atoms with Crippen LogP contribution in [0.4, 0.5) is 0 Å². The first-order valence-corrected chi connectivity index (χ1v) is 7.01. The van der Waals surface area contributed by atoms with Gasteiger partial charge in [-0.25, -0.2) is 0 Å². The standard InChI is InChI=1S/C14H26N2O3/c1-10(2)12(15-11(3)17)13(18)16-8-5-6-14(4,19)7-9-16/h10,12,19H,5-9H2,1-4H3,(H,15,17). The lowest BCUT2D eigenvalue weighted by Gasteiger charge is -2.29. The largest absolute Gasteiger partial charge is 0.390 e. The van der Waals surface area contributed by atoms with Crippen LogP contribution in [0.2, 0.25) is 0 Å². The van der Waals surface area contributed by atoms with Crippen molar-refractivity contribution in [3.8, 4) is 0 Å². The minimum absolute atomic E-state index is 0.0390. The van der Waals surface area contributed by atoms with Crippen LogP contribution in [-0.2, 0) is 9.59 Å². The first-order chi connectivity index (χ1) is 8.73. The van der Waals surface area contributed by atoms with Crippen molar-refractivity contribution in [3.05, 3.63) is 0 Å². The van der Waals surface area contributed by atoms with Crippen molar-refractivity contribution < 1.29 is 14.7 Å². The molecule has 0 spiro atoms. The smallest absolute Gasteiger partial charge is 0.245 e. The summed E-state index contributed by atoms with van der Waals surface area (Å²) in [6.45, 7) is 8.29. The summed E-state index contributed by atoms with van der Waals surface area (Å²) in [7, 11) is 0. The van der Waals surface area contributed by atoms with Crippen molar-refractivity contribution in [2.75, 3.05) is 13.1 Å². The molecular weight excluding hydrogens is 244 g/mol.